The average molecular weight is 1070 g/mol. The molecular weight excluding hydrogens is 961 g/mol. The van der Waals surface area contributed by atoms with E-state index in [1.807, 2.05) is 6.08 Å². The van der Waals surface area contributed by atoms with Gasteiger partial charge in [0.25, 0.3) is 0 Å². The van der Waals surface area contributed by atoms with E-state index in [4.69, 9.17) is 14.2 Å². The molecule has 0 amide bonds. The van der Waals surface area contributed by atoms with Crippen LogP contribution in [-0.4, -0.2) is 37.2 Å². The summed E-state index contributed by atoms with van der Waals surface area (Å²) in [6, 6.07) is 0. The van der Waals surface area contributed by atoms with Crippen LogP contribution in [0.4, 0.5) is 0 Å². The number of carbonyl (C=O) groups is 3. The van der Waals surface area contributed by atoms with E-state index in [-0.39, 0.29) is 38.0 Å². The van der Waals surface area contributed by atoms with Crippen LogP contribution in [0.15, 0.2) is 170 Å². The zero-order chi connectivity index (χ0) is 56.4. The highest BCUT2D eigenvalue weighted by molar-refractivity contribution is 5.72. The Morgan fingerprint density at radius 2 is 0.551 bits per heavy atom. The molecule has 0 radical (unpaired) electrons. The third-order valence-electron chi connectivity index (χ3n) is 12.5. The minimum Gasteiger partial charge on any atom is -0.462 e. The van der Waals surface area contributed by atoms with E-state index in [0.717, 1.165) is 148 Å². The van der Waals surface area contributed by atoms with E-state index in [1.54, 1.807) is 6.08 Å². The molecule has 1 unspecified atom stereocenters. The van der Waals surface area contributed by atoms with Crippen molar-refractivity contribution < 1.29 is 28.6 Å². The van der Waals surface area contributed by atoms with Crippen molar-refractivity contribution in [3.63, 3.8) is 0 Å². The smallest absolute Gasteiger partial charge is 0.309 e. The molecular formula is C72H112O6. The third kappa shape index (κ3) is 61.6. The first-order valence-electron chi connectivity index (χ1n) is 31.1. The molecule has 6 nitrogen and oxygen atoms in total. The molecule has 0 spiro atoms. The molecule has 0 aliphatic carbocycles. The second kappa shape index (κ2) is 64.3. The van der Waals surface area contributed by atoms with Crippen LogP contribution in [-0.2, 0) is 28.6 Å². The van der Waals surface area contributed by atoms with Crippen LogP contribution < -0.4 is 0 Å². The topological polar surface area (TPSA) is 78.9 Å². The highest BCUT2D eigenvalue weighted by Gasteiger charge is 2.19. The normalized spacial score (nSPS) is 13.3. The molecule has 0 aromatic carbocycles. The van der Waals surface area contributed by atoms with E-state index in [0.29, 0.717) is 6.42 Å². The van der Waals surface area contributed by atoms with Gasteiger partial charge in [0, 0.05) is 12.8 Å². The molecule has 0 saturated carbocycles. The van der Waals surface area contributed by atoms with E-state index in [1.165, 1.54) is 57.8 Å². The van der Waals surface area contributed by atoms with Gasteiger partial charge in [0.2, 0.25) is 0 Å². The quantitative estimate of drug-likeness (QED) is 0.0261. The number of unbranched alkanes of at least 4 members (excludes halogenated alkanes) is 16. The standard InChI is InChI=1S/C72H112O6/c1-4-7-10-13-16-19-22-25-28-30-31-32-33-34-35-36-37-38-39-40-41-42-45-47-50-53-56-59-62-65-71(74)77-68-69(67-76-70(73)64-61-58-55-52-49-46-43-27-24-21-18-15-12-9-6-3)78-72(75)66-63-60-57-54-51-48-44-29-26-23-20-17-14-11-8-5-2/h7,9-10,12,16,18-19,21,25,27-29,31-32,34-35,37-38,40-41,43-45,47,49,52,58,61,69H,4-6,8,11,13-15,17,20,22-24,26,30,33,36,39,42,46,48,50-51,53-57,59-60,62-68H2,1-3H3/b10-7-,12-9-,19-16-,21-18-,28-25-,32-31-,35-34-,38-37-,41-40-,43-27-,44-29-,47-45-,52-49-,61-58-. The molecule has 0 bridgehead atoms. The number of hydrogen-bond acceptors (Lipinski definition) is 6. The minimum absolute atomic E-state index is 0.113. The highest BCUT2D eigenvalue weighted by Crippen LogP contribution is 2.13. The molecule has 0 heterocycles. The second-order valence-corrected chi connectivity index (χ2v) is 19.9. The zero-order valence-electron chi connectivity index (χ0n) is 49.9. The van der Waals surface area contributed by atoms with Gasteiger partial charge in [-0.2, -0.15) is 0 Å². The molecule has 6 heteroatoms. The van der Waals surface area contributed by atoms with Crippen LogP contribution in [0, 0.1) is 0 Å². The van der Waals surface area contributed by atoms with Crippen molar-refractivity contribution in [2.24, 2.45) is 0 Å². The summed E-state index contributed by atoms with van der Waals surface area (Å²) in [5.74, 6) is -1.10. The first-order chi connectivity index (χ1) is 38.5. The lowest BCUT2D eigenvalue weighted by molar-refractivity contribution is -0.166. The summed E-state index contributed by atoms with van der Waals surface area (Å²) in [4.78, 5) is 38.2. The van der Waals surface area contributed by atoms with Crippen molar-refractivity contribution >= 4 is 17.9 Å². The number of ether oxygens (including phenoxy) is 3. The molecule has 0 aliphatic heterocycles. The third-order valence-corrected chi connectivity index (χ3v) is 12.5. The van der Waals surface area contributed by atoms with Gasteiger partial charge in [-0.3, -0.25) is 14.4 Å². The van der Waals surface area contributed by atoms with Crippen LogP contribution in [0.3, 0.4) is 0 Å². The average Bonchev–Trinajstić information content (AvgIpc) is 3.44. The SMILES string of the molecule is CC/C=C\C/C=C\C/C=C\C/C=C\C/C=C\C/C=C\C/C=C\C/C=C\CCCCCCC(=O)OCC(COC(=O)C/C=C\C/C=C\C/C=C\C/C=C\C/C=C\CC)OC(=O)CCCCCCC/C=C\CCCCCCCCC. The summed E-state index contributed by atoms with van der Waals surface area (Å²) in [6.07, 6.45) is 95.2. The van der Waals surface area contributed by atoms with Crippen LogP contribution in [0.2, 0.25) is 0 Å². The molecule has 0 rings (SSSR count). The predicted molar refractivity (Wildman–Crippen MR) is 338 cm³/mol. The Morgan fingerprint density at radius 1 is 0.282 bits per heavy atom. The fraction of sp³-hybridized carbons (Fsp3) is 0.569. The highest BCUT2D eigenvalue weighted by atomic mass is 16.6. The lowest BCUT2D eigenvalue weighted by Gasteiger charge is -2.18. The lowest BCUT2D eigenvalue weighted by atomic mass is 10.1. The summed E-state index contributed by atoms with van der Waals surface area (Å²) in [5, 5.41) is 0. The van der Waals surface area contributed by atoms with Gasteiger partial charge in [0.15, 0.2) is 6.10 Å². The Labute approximate surface area is 479 Å². The number of esters is 3. The molecule has 0 aromatic heterocycles. The molecule has 0 aliphatic rings. The van der Waals surface area contributed by atoms with Crippen LogP contribution >= 0.6 is 0 Å². The number of carbonyl (C=O) groups excluding carboxylic acids is 3. The molecule has 0 aromatic rings. The number of hydrogen-bond donors (Lipinski definition) is 0. The summed E-state index contributed by atoms with van der Waals surface area (Å²) in [5.41, 5.74) is 0. The summed E-state index contributed by atoms with van der Waals surface area (Å²) >= 11 is 0. The van der Waals surface area contributed by atoms with Crippen LogP contribution in [0.1, 0.15) is 245 Å². The van der Waals surface area contributed by atoms with Gasteiger partial charge in [0.1, 0.15) is 13.2 Å². The maximum atomic E-state index is 12.9. The van der Waals surface area contributed by atoms with Gasteiger partial charge in [-0.25, -0.2) is 0 Å². The van der Waals surface area contributed by atoms with Gasteiger partial charge in [-0.05, 0) is 135 Å². The molecule has 1 atom stereocenters. The first-order valence-corrected chi connectivity index (χ1v) is 31.1. The summed E-state index contributed by atoms with van der Waals surface area (Å²) < 4.78 is 16.8. The van der Waals surface area contributed by atoms with Crippen molar-refractivity contribution in [2.45, 2.75) is 252 Å². The van der Waals surface area contributed by atoms with Crippen molar-refractivity contribution in [3.05, 3.63) is 170 Å². The van der Waals surface area contributed by atoms with Crippen LogP contribution in [0.5, 0.6) is 0 Å². The fourth-order valence-corrected chi connectivity index (χ4v) is 7.88. The molecule has 0 saturated heterocycles. The van der Waals surface area contributed by atoms with Gasteiger partial charge in [0.05, 0.1) is 6.42 Å². The maximum Gasteiger partial charge on any atom is 0.309 e. The van der Waals surface area contributed by atoms with Gasteiger partial charge in [-0.1, -0.05) is 262 Å². The maximum absolute atomic E-state index is 12.9. The van der Waals surface area contributed by atoms with Gasteiger partial charge < -0.3 is 14.2 Å². The second-order valence-electron chi connectivity index (χ2n) is 19.9. The van der Waals surface area contributed by atoms with E-state index in [9.17, 15) is 14.4 Å². The van der Waals surface area contributed by atoms with Crippen LogP contribution in [0.25, 0.3) is 0 Å². The Bertz CT molecular complexity index is 1810. The lowest BCUT2D eigenvalue weighted by Crippen LogP contribution is -2.30. The van der Waals surface area contributed by atoms with E-state index < -0.39 is 12.1 Å². The monoisotopic (exact) mass is 1070 g/mol. The van der Waals surface area contributed by atoms with Crippen molar-refractivity contribution in [2.75, 3.05) is 13.2 Å². The molecule has 0 fully saturated rings. The van der Waals surface area contributed by atoms with E-state index in [2.05, 4.69) is 179 Å². The van der Waals surface area contributed by atoms with Crippen molar-refractivity contribution in [1.29, 1.82) is 0 Å². The Hall–Kier alpha value is -5.23. The number of rotatable bonds is 54. The van der Waals surface area contributed by atoms with Crippen molar-refractivity contribution in [1.82, 2.24) is 0 Å². The Kier molecular flexibility index (Phi) is 60.0. The number of allylic oxidation sites excluding steroid dienone is 27. The predicted octanol–water partition coefficient (Wildman–Crippen LogP) is 21.5. The molecule has 0 N–H and O–H groups in total. The fourth-order valence-electron chi connectivity index (χ4n) is 7.88. The first kappa shape index (κ1) is 72.8. The largest absolute Gasteiger partial charge is 0.462 e. The zero-order valence-corrected chi connectivity index (χ0v) is 49.9. The van der Waals surface area contributed by atoms with E-state index >= 15 is 0 Å². The van der Waals surface area contributed by atoms with Gasteiger partial charge in [-0.15, -0.1) is 0 Å². The minimum atomic E-state index is -0.843. The molecule has 436 valence electrons. The molecule has 78 heavy (non-hydrogen) atoms. The summed E-state index contributed by atoms with van der Waals surface area (Å²) in [6.45, 7) is 6.28. The Balaban J connectivity index is 4.50. The summed E-state index contributed by atoms with van der Waals surface area (Å²) in [7, 11) is 0. The van der Waals surface area contributed by atoms with Gasteiger partial charge >= 0.3 is 17.9 Å². The Morgan fingerprint density at radius 3 is 0.910 bits per heavy atom. The van der Waals surface area contributed by atoms with Crippen molar-refractivity contribution in [3.8, 4) is 0 Å².